The van der Waals surface area contributed by atoms with Gasteiger partial charge in [0.15, 0.2) is 0 Å². The normalized spacial score (nSPS) is 20.4. The van der Waals surface area contributed by atoms with Crippen molar-refractivity contribution in [1.29, 1.82) is 0 Å². The highest BCUT2D eigenvalue weighted by Gasteiger charge is 2.21. The van der Waals surface area contributed by atoms with Gasteiger partial charge in [0.2, 0.25) is 5.91 Å². The second-order valence-corrected chi connectivity index (χ2v) is 6.10. The minimum atomic E-state index is 0.141. The molecule has 1 atom stereocenters. The first-order valence-corrected chi connectivity index (χ1v) is 7.57. The van der Waals surface area contributed by atoms with Crippen LogP contribution in [0.5, 0.6) is 0 Å². The third kappa shape index (κ3) is 3.46. The molecule has 0 saturated carbocycles. The van der Waals surface area contributed by atoms with E-state index in [0.29, 0.717) is 6.54 Å². The second kappa shape index (κ2) is 6.21. The third-order valence-corrected chi connectivity index (χ3v) is 5.17. The summed E-state index contributed by atoms with van der Waals surface area (Å²) in [7, 11) is 0. The summed E-state index contributed by atoms with van der Waals surface area (Å²) in [5.41, 5.74) is 1.16. The molecular weight excluding hydrogens is 238 g/mol. The molecule has 1 heterocycles. The van der Waals surface area contributed by atoms with Crippen molar-refractivity contribution in [2.45, 2.75) is 11.8 Å². The molecule has 1 saturated heterocycles. The molecule has 2 rings (SSSR count). The van der Waals surface area contributed by atoms with E-state index in [1.54, 1.807) is 11.8 Å². The molecule has 1 amide bonds. The highest BCUT2D eigenvalue weighted by molar-refractivity contribution is 8.07. The fraction of sp³-hybridized carbons (Fsp3) is 0.417. The highest BCUT2D eigenvalue weighted by atomic mass is 32.2. The third-order valence-electron chi connectivity index (χ3n) is 2.42. The van der Waals surface area contributed by atoms with E-state index < -0.39 is 0 Å². The van der Waals surface area contributed by atoms with Crippen molar-refractivity contribution in [1.82, 2.24) is 5.32 Å². The van der Waals surface area contributed by atoms with Crippen molar-refractivity contribution >= 4 is 29.4 Å². The summed E-state index contributed by atoms with van der Waals surface area (Å²) in [6.07, 6.45) is 0. The van der Waals surface area contributed by atoms with Gasteiger partial charge in [0.25, 0.3) is 0 Å². The molecule has 2 nitrogen and oxygen atoms in total. The van der Waals surface area contributed by atoms with Gasteiger partial charge in [-0.15, -0.1) is 11.8 Å². The SMILES string of the molecule is O=C(NCc1ccccc1)C1CSCCS1. The van der Waals surface area contributed by atoms with Gasteiger partial charge >= 0.3 is 0 Å². The Morgan fingerprint density at radius 1 is 1.31 bits per heavy atom. The van der Waals surface area contributed by atoms with Crippen molar-refractivity contribution in [3.05, 3.63) is 35.9 Å². The van der Waals surface area contributed by atoms with E-state index in [1.807, 2.05) is 42.1 Å². The Labute approximate surface area is 105 Å². The summed E-state index contributed by atoms with van der Waals surface area (Å²) < 4.78 is 0. The fourth-order valence-electron chi connectivity index (χ4n) is 1.54. The largest absolute Gasteiger partial charge is 0.351 e. The molecule has 16 heavy (non-hydrogen) atoms. The Kier molecular flexibility index (Phi) is 4.60. The maximum Gasteiger partial charge on any atom is 0.234 e. The first-order valence-electron chi connectivity index (χ1n) is 5.37. The number of amides is 1. The molecule has 1 unspecified atom stereocenters. The first-order chi connectivity index (χ1) is 7.86. The van der Waals surface area contributed by atoms with Crippen LogP contribution < -0.4 is 5.32 Å². The summed E-state index contributed by atoms with van der Waals surface area (Å²) in [6.45, 7) is 0.640. The number of thioether (sulfide) groups is 2. The zero-order valence-corrected chi connectivity index (χ0v) is 10.7. The van der Waals surface area contributed by atoms with Gasteiger partial charge in [-0.25, -0.2) is 0 Å². The number of hydrogen-bond donors (Lipinski definition) is 1. The van der Waals surface area contributed by atoms with E-state index >= 15 is 0 Å². The van der Waals surface area contributed by atoms with E-state index in [9.17, 15) is 4.79 Å². The monoisotopic (exact) mass is 253 g/mol. The average molecular weight is 253 g/mol. The van der Waals surface area contributed by atoms with Crippen molar-refractivity contribution in [3.63, 3.8) is 0 Å². The van der Waals surface area contributed by atoms with Crippen LogP contribution in [0.2, 0.25) is 0 Å². The number of carbonyl (C=O) groups excluding carboxylic acids is 1. The van der Waals surface area contributed by atoms with Crippen LogP contribution in [0, 0.1) is 0 Å². The minimum absolute atomic E-state index is 0.141. The molecule has 0 aliphatic carbocycles. The molecule has 86 valence electrons. The molecule has 0 radical (unpaired) electrons. The van der Waals surface area contributed by atoms with E-state index in [4.69, 9.17) is 0 Å². The van der Waals surface area contributed by atoms with Crippen LogP contribution in [0.3, 0.4) is 0 Å². The van der Waals surface area contributed by atoms with Crippen LogP contribution in [0.25, 0.3) is 0 Å². The number of hydrogen-bond acceptors (Lipinski definition) is 3. The maximum atomic E-state index is 11.8. The predicted octanol–water partition coefficient (Wildman–Crippen LogP) is 2.15. The van der Waals surface area contributed by atoms with Gasteiger partial charge in [-0.3, -0.25) is 4.79 Å². The molecule has 0 aromatic heterocycles. The summed E-state index contributed by atoms with van der Waals surface area (Å²) >= 11 is 3.64. The second-order valence-electron chi connectivity index (χ2n) is 3.64. The first kappa shape index (κ1) is 11.9. The lowest BCUT2D eigenvalue weighted by Gasteiger charge is -2.20. The molecule has 0 bridgehead atoms. The molecule has 1 fully saturated rings. The van der Waals surface area contributed by atoms with Crippen molar-refractivity contribution < 1.29 is 4.79 Å². The number of carbonyl (C=O) groups is 1. The van der Waals surface area contributed by atoms with Gasteiger partial charge in [-0.1, -0.05) is 30.3 Å². The topological polar surface area (TPSA) is 29.1 Å². The van der Waals surface area contributed by atoms with Crippen LogP contribution >= 0.6 is 23.5 Å². The molecule has 1 aliphatic heterocycles. The number of nitrogens with one attached hydrogen (secondary N) is 1. The average Bonchev–Trinajstić information content (AvgIpc) is 2.38. The van der Waals surface area contributed by atoms with Gasteiger partial charge < -0.3 is 5.32 Å². The van der Waals surface area contributed by atoms with Gasteiger partial charge in [0, 0.05) is 23.8 Å². The van der Waals surface area contributed by atoms with E-state index in [2.05, 4.69) is 5.32 Å². The van der Waals surface area contributed by atoms with Crippen LogP contribution in [-0.4, -0.2) is 28.4 Å². The van der Waals surface area contributed by atoms with Gasteiger partial charge in [0.05, 0.1) is 5.25 Å². The fourth-order valence-corrected chi connectivity index (χ4v) is 4.12. The van der Waals surface area contributed by atoms with Crippen molar-refractivity contribution in [3.8, 4) is 0 Å². The molecule has 0 spiro atoms. The lowest BCUT2D eigenvalue weighted by atomic mass is 10.2. The molecule has 1 aromatic rings. The zero-order chi connectivity index (χ0) is 11.2. The summed E-state index contributed by atoms with van der Waals surface area (Å²) in [6, 6.07) is 10.0. The van der Waals surface area contributed by atoms with Gasteiger partial charge in [-0.2, -0.15) is 11.8 Å². The molecule has 4 heteroatoms. The lowest BCUT2D eigenvalue weighted by Crippen LogP contribution is -2.35. The number of rotatable bonds is 3. The Morgan fingerprint density at radius 2 is 2.12 bits per heavy atom. The standard InChI is InChI=1S/C12H15NOS2/c14-12(11-9-15-6-7-16-11)13-8-10-4-2-1-3-5-10/h1-5,11H,6-9H2,(H,13,14). The van der Waals surface area contributed by atoms with E-state index in [1.165, 1.54) is 5.75 Å². The summed E-state index contributed by atoms with van der Waals surface area (Å²) in [5.74, 6) is 3.40. The van der Waals surface area contributed by atoms with Crippen LogP contribution in [0.4, 0.5) is 0 Å². The minimum Gasteiger partial charge on any atom is -0.351 e. The number of benzene rings is 1. The Balaban J connectivity index is 1.79. The van der Waals surface area contributed by atoms with Crippen molar-refractivity contribution in [2.75, 3.05) is 17.3 Å². The summed E-state index contributed by atoms with van der Waals surface area (Å²) in [4.78, 5) is 11.8. The zero-order valence-electron chi connectivity index (χ0n) is 9.02. The predicted molar refractivity (Wildman–Crippen MR) is 71.9 cm³/mol. The smallest absolute Gasteiger partial charge is 0.234 e. The summed E-state index contributed by atoms with van der Waals surface area (Å²) in [5, 5.41) is 3.14. The maximum absolute atomic E-state index is 11.8. The van der Waals surface area contributed by atoms with E-state index in [0.717, 1.165) is 17.1 Å². The molecule has 1 aromatic carbocycles. The van der Waals surface area contributed by atoms with E-state index in [-0.39, 0.29) is 11.2 Å². The van der Waals surface area contributed by atoms with Gasteiger partial charge in [-0.05, 0) is 5.56 Å². The molecule has 1 aliphatic rings. The molecular formula is C12H15NOS2. The highest BCUT2D eigenvalue weighted by Crippen LogP contribution is 2.23. The van der Waals surface area contributed by atoms with Gasteiger partial charge in [0.1, 0.15) is 0 Å². The quantitative estimate of drug-likeness (QED) is 0.895. The lowest BCUT2D eigenvalue weighted by molar-refractivity contribution is -0.120. The van der Waals surface area contributed by atoms with Crippen LogP contribution in [0.1, 0.15) is 5.56 Å². The Hall–Kier alpha value is -0.610. The molecule has 1 N–H and O–H groups in total. The Morgan fingerprint density at radius 3 is 2.81 bits per heavy atom. The van der Waals surface area contributed by atoms with Crippen LogP contribution in [0.15, 0.2) is 30.3 Å². The van der Waals surface area contributed by atoms with Crippen molar-refractivity contribution in [2.24, 2.45) is 0 Å². The van der Waals surface area contributed by atoms with Crippen LogP contribution in [-0.2, 0) is 11.3 Å². The Bertz CT molecular complexity index is 336.